The fraction of sp³-hybridized carbons (Fsp3) is 0.111. The first-order valence-electron chi connectivity index (χ1n) is 3.86. The van der Waals surface area contributed by atoms with Crippen molar-refractivity contribution in [1.29, 1.82) is 5.26 Å². The van der Waals surface area contributed by atoms with Gasteiger partial charge in [-0.1, -0.05) is 6.07 Å². The Morgan fingerprint density at radius 2 is 2.36 bits per heavy atom. The average molecular weight is 193 g/mol. The molecule has 0 aliphatic heterocycles. The molecule has 72 valence electrons. The number of nitrogens with zero attached hydrogens (tertiary/aromatic N) is 1. The van der Waals surface area contributed by atoms with Gasteiger partial charge in [0.2, 0.25) is 0 Å². The van der Waals surface area contributed by atoms with E-state index in [-0.39, 0.29) is 17.8 Å². The van der Waals surface area contributed by atoms with Crippen molar-refractivity contribution in [3.8, 4) is 6.07 Å². The van der Waals surface area contributed by atoms with Crippen molar-refractivity contribution in [3.05, 3.63) is 29.6 Å². The van der Waals surface area contributed by atoms with Crippen LogP contribution in [0.4, 0.5) is 10.1 Å². The first-order valence-corrected chi connectivity index (χ1v) is 3.86. The summed E-state index contributed by atoms with van der Waals surface area (Å²) in [5, 5.41) is 10.5. The molecule has 0 bridgehead atoms. The number of hydrogen-bond donors (Lipinski definition) is 2. The zero-order valence-corrected chi connectivity index (χ0v) is 7.25. The highest BCUT2D eigenvalue weighted by Crippen LogP contribution is 2.15. The van der Waals surface area contributed by atoms with E-state index in [4.69, 9.17) is 11.0 Å². The lowest BCUT2D eigenvalue weighted by atomic mass is 10.1. The average Bonchev–Trinajstić information content (AvgIpc) is 2.18. The summed E-state index contributed by atoms with van der Waals surface area (Å²) >= 11 is 0. The Kier molecular flexibility index (Phi) is 3.02. The number of nitriles is 1. The second-order valence-corrected chi connectivity index (χ2v) is 2.54. The van der Waals surface area contributed by atoms with E-state index in [9.17, 15) is 9.18 Å². The summed E-state index contributed by atoms with van der Waals surface area (Å²) in [4.78, 5) is 11.3. The molecule has 1 amide bonds. The van der Waals surface area contributed by atoms with Gasteiger partial charge >= 0.3 is 0 Å². The third-order valence-electron chi connectivity index (χ3n) is 1.63. The van der Waals surface area contributed by atoms with Crippen molar-refractivity contribution in [2.45, 2.75) is 0 Å². The third-order valence-corrected chi connectivity index (χ3v) is 1.63. The van der Waals surface area contributed by atoms with Crippen LogP contribution in [0, 0.1) is 17.1 Å². The van der Waals surface area contributed by atoms with Crippen LogP contribution in [0.1, 0.15) is 10.4 Å². The normalized spacial score (nSPS) is 9.14. The van der Waals surface area contributed by atoms with Crippen LogP contribution in [0.25, 0.3) is 0 Å². The van der Waals surface area contributed by atoms with Crippen LogP contribution in [0.5, 0.6) is 0 Å². The summed E-state index contributed by atoms with van der Waals surface area (Å²) < 4.78 is 12.9. The summed E-state index contributed by atoms with van der Waals surface area (Å²) in [5.74, 6) is -1.20. The molecule has 0 aromatic heterocycles. The van der Waals surface area contributed by atoms with Gasteiger partial charge < -0.3 is 11.1 Å². The Morgan fingerprint density at radius 1 is 1.64 bits per heavy atom. The van der Waals surface area contributed by atoms with E-state index in [0.717, 1.165) is 6.07 Å². The number of nitrogens with two attached hydrogens (primary N) is 1. The lowest BCUT2D eigenvalue weighted by Crippen LogP contribution is -2.24. The fourth-order valence-electron chi connectivity index (χ4n) is 0.950. The minimum Gasteiger partial charge on any atom is -0.396 e. The number of hydrogen-bond acceptors (Lipinski definition) is 3. The number of benzene rings is 1. The molecule has 4 nitrogen and oxygen atoms in total. The Labute approximate surface area is 80.1 Å². The van der Waals surface area contributed by atoms with Gasteiger partial charge in [0.05, 0.1) is 17.3 Å². The predicted molar refractivity (Wildman–Crippen MR) is 48.8 cm³/mol. The zero-order chi connectivity index (χ0) is 10.6. The Balaban J connectivity index is 2.91. The Bertz CT molecular complexity index is 398. The fourth-order valence-corrected chi connectivity index (χ4v) is 0.950. The molecule has 1 aromatic rings. The minimum atomic E-state index is -0.644. The van der Waals surface area contributed by atoms with E-state index >= 15 is 0 Å². The van der Waals surface area contributed by atoms with Gasteiger partial charge in [0, 0.05) is 0 Å². The van der Waals surface area contributed by atoms with Crippen LogP contribution >= 0.6 is 0 Å². The first kappa shape index (κ1) is 9.99. The van der Waals surface area contributed by atoms with E-state index < -0.39 is 11.7 Å². The number of nitrogens with one attached hydrogen (secondary N) is 1. The van der Waals surface area contributed by atoms with Gasteiger partial charge in [-0.15, -0.1) is 0 Å². The predicted octanol–water partition coefficient (Wildman–Crippen LogP) is 0.661. The molecule has 14 heavy (non-hydrogen) atoms. The van der Waals surface area contributed by atoms with Gasteiger partial charge in [-0.2, -0.15) is 5.26 Å². The summed E-state index contributed by atoms with van der Waals surface area (Å²) in [6, 6.07) is 5.67. The van der Waals surface area contributed by atoms with E-state index in [0.29, 0.717) is 0 Å². The molecule has 3 N–H and O–H groups in total. The minimum absolute atomic E-state index is 0.0419. The number of nitrogen functional groups attached to an aromatic ring is 1. The molecular formula is C9H8FN3O. The van der Waals surface area contributed by atoms with Gasteiger partial charge in [-0.3, -0.25) is 4.79 Å². The molecule has 0 aliphatic carbocycles. The Morgan fingerprint density at radius 3 is 3.00 bits per heavy atom. The molecule has 0 aliphatic rings. The van der Waals surface area contributed by atoms with Gasteiger partial charge in [0.25, 0.3) is 5.91 Å². The summed E-state index contributed by atoms with van der Waals surface area (Å²) in [5.41, 5.74) is 5.17. The smallest absolute Gasteiger partial charge is 0.254 e. The molecule has 0 fully saturated rings. The number of para-hydroxylation sites is 1. The van der Waals surface area contributed by atoms with E-state index in [1.165, 1.54) is 12.1 Å². The number of halogens is 1. The van der Waals surface area contributed by atoms with Crippen molar-refractivity contribution in [2.75, 3.05) is 12.3 Å². The summed E-state index contributed by atoms with van der Waals surface area (Å²) in [6.07, 6.45) is 0. The third kappa shape index (κ3) is 1.98. The molecule has 1 rings (SSSR count). The number of rotatable bonds is 2. The molecule has 0 atom stereocenters. The second-order valence-electron chi connectivity index (χ2n) is 2.54. The van der Waals surface area contributed by atoms with Crippen molar-refractivity contribution in [1.82, 2.24) is 5.32 Å². The topological polar surface area (TPSA) is 78.9 Å². The van der Waals surface area contributed by atoms with Crippen molar-refractivity contribution >= 4 is 11.6 Å². The van der Waals surface area contributed by atoms with Crippen molar-refractivity contribution in [3.63, 3.8) is 0 Å². The molecule has 0 radical (unpaired) electrons. The second kappa shape index (κ2) is 4.23. The maximum Gasteiger partial charge on any atom is 0.254 e. The van der Waals surface area contributed by atoms with Gasteiger partial charge in [-0.05, 0) is 12.1 Å². The molecule has 0 saturated carbocycles. The van der Waals surface area contributed by atoms with E-state index in [1.807, 2.05) is 0 Å². The number of carbonyl (C=O) groups is 1. The first-order chi connectivity index (χ1) is 6.66. The van der Waals surface area contributed by atoms with Gasteiger partial charge in [0.1, 0.15) is 12.4 Å². The van der Waals surface area contributed by atoms with Crippen LogP contribution in [0.3, 0.4) is 0 Å². The number of anilines is 1. The Hall–Kier alpha value is -2.09. The van der Waals surface area contributed by atoms with Crippen LogP contribution < -0.4 is 11.1 Å². The van der Waals surface area contributed by atoms with Crippen molar-refractivity contribution in [2.24, 2.45) is 0 Å². The number of carbonyl (C=O) groups excluding carboxylic acids is 1. The van der Waals surface area contributed by atoms with Crippen molar-refractivity contribution < 1.29 is 9.18 Å². The lowest BCUT2D eigenvalue weighted by Gasteiger charge is -2.04. The maximum atomic E-state index is 12.9. The molecule has 0 spiro atoms. The largest absolute Gasteiger partial charge is 0.396 e. The monoisotopic (exact) mass is 193 g/mol. The van der Waals surface area contributed by atoms with Crippen LogP contribution in [0.15, 0.2) is 18.2 Å². The summed E-state index contributed by atoms with van der Waals surface area (Å²) in [6.45, 7) is -0.130. The zero-order valence-electron chi connectivity index (χ0n) is 7.25. The molecule has 0 unspecified atom stereocenters. The molecular weight excluding hydrogens is 185 g/mol. The van der Waals surface area contributed by atoms with Crippen LogP contribution in [-0.4, -0.2) is 12.5 Å². The summed E-state index contributed by atoms with van der Waals surface area (Å²) in [7, 11) is 0. The van der Waals surface area contributed by atoms with Crippen LogP contribution in [0.2, 0.25) is 0 Å². The van der Waals surface area contributed by atoms with Gasteiger partial charge in [-0.25, -0.2) is 4.39 Å². The highest BCUT2D eigenvalue weighted by atomic mass is 19.1. The van der Waals surface area contributed by atoms with Crippen LogP contribution in [-0.2, 0) is 0 Å². The van der Waals surface area contributed by atoms with Gasteiger partial charge in [0.15, 0.2) is 0 Å². The van der Waals surface area contributed by atoms with E-state index in [1.54, 1.807) is 6.07 Å². The lowest BCUT2D eigenvalue weighted by molar-refractivity contribution is 0.0959. The highest BCUT2D eigenvalue weighted by Gasteiger charge is 2.11. The highest BCUT2D eigenvalue weighted by molar-refractivity contribution is 5.99. The maximum absolute atomic E-state index is 12.9. The molecule has 0 heterocycles. The molecule has 5 heteroatoms. The number of amides is 1. The molecule has 1 aromatic carbocycles. The molecule has 0 saturated heterocycles. The quantitative estimate of drug-likeness (QED) is 0.535. The van der Waals surface area contributed by atoms with E-state index in [2.05, 4.69) is 5.32 Å². The SMILES string of the molecule is N#CCNC(=O)c1cccc(F)c1N. The standard InChI is InChI=1S/C9H8FN3O/c10-7-3-1-2-6(8(7)12)9(14)13-5-4-11/h1-3H,5,12H2,(H,13,14).